The quantitative estimate of drug-likeness (QED) is 0.881. The molecule has 1 aromatic carbocycles. The molecule has 0 saturated heterocycles. The molecule has 0 atom stereocenters. The summed E-state index contributed by atoms with van der Waals surface area (Å²) >= 11 is 3.40. The fraction of sp³-hybridized carbons (Fsp3) is 0.333. The number of hydrogen-bond donors (Lipinski definition) is 1. The summed E-state index contributed by atoms with van der Waals surface area (Å²) in [5, 5.41) is 2.76. The number of imidazole rings is 1. The molecular formula is C15H18BrN3O2. The summed E-state index contributed by atoms with van der Waals surface area (Å²) < 4.78 is 8.02. The summed E-state index contributed by atoms with van der Waals surface area (Å²) in [6.07, 6.45) is 1.16. The van der Waals surface area contributed by atoms with Gasteiger partial charge in [0.25, 0.3) is 0 Å². The zero-order chi connectivity index (χ0) is 15.6. The predicted octanol–water partition coefficient (Wildman–Crippen LogP) is 4.20. The van der Waals surface area contributed by atoms with E-state index in [-0.39, 0.29) is 0 Å². The Hall–Kier alpha value is -1.82. The highest BCUT2D eigenvalue weighted by atomic mass is 79.9. The summed E-state index contributed by atoms with van der Waals surface area (Å²) in [6.45, 7) is 5.47. The first-order chi connectivity index (χ1) is 9.76. The number of hydrogen-bond acceptors (Lipinski definition) is 3. The van der Waals surface area contributed by atoms with E-state index < -0.39 is 11.7 Å². The van der Waals surface area contributed by atoms with Crippen molar-refractivity contribution in [2.45, 2.75) is 26.4 Å². The minimum atomic E-state index is -0.541. The van der Waals surface area contributed by atoms with Gasteiger partial charge in [0.15, 0.2) is 0 Å². The van der Waals surface area contributed by atoms with Crippen molar-refractivity contribution < 1.29 is 9.53 Å². The fourth-order valence-electron chi connectivity index (χ4n) is 1.80. The van der Waals surface area contributed by atoms with Crippen LogP contribution in [0.3, 0.4) is 0 Å². The summed E-state index contributed by atoms with van der Waals surface area (Å²) in [5.74, 6) is 0.603. The van der Waals surface area contributed by atoms with Crippen LogP contribution < -0.4 is 5.32 Å². The first kappa shape index (κ1) is 15.6. The lowest BCUT2D eigenvalue weighted by Crippen LogP contribution is -2.28. The van der Waals surface area contributed by atoms with Crippen LogP contribution in [0.25, 0.3) is 11.3 Å². The molecule has 0 radical (unpaired) electrons. The third kappa shape index (κ3) is 4.07. The highest BCUT2D eigenvalue weighted by Crippen LogP contribution is 2.27. The van der Waals surface area contributed by atoms with Crippen LogP contribution in [-0.2, 0) is 11.8 Å². The lowest BCUT2D eigenvalue weighted by molar-refractivity contribution is 0.0635. The van der Waals surface area contributed by atoms with Crippen LogP contribution in [0.2, 0.25) is 0 Å². The van der Waals surface area contributed by atoms with E-state index in [0.29, 0.717) is 11.5 Å². The molecule has 2 rings (SSSR count). The molecule has 0 unspecified atom stereocenters. The monoisotopic (exact) mass is 351 g/mol. The van der Waals surface area contributed by atoms with Crippen molar-refractivity contribution in [3.63, 3.8) is 0 Å². The molecule has 0 aliphatic rings. The van der Waals surface area contributed by atoms with Crippen molar-refractivity contribution >= 4 is 27.8 Å². The van der Waals surface area contributed by atoms with Crippen molar-refractivity contribution in [1.29, 1.82) is 0 Å². The SMILES string of the molecule is Cn1cnc(-c2ccc(Br)cc2)c1NC(=O)OC(C)(C)C. The van der Waals surface area contributed by atoms with E-state index in [1.54, 1.807) is 10.9 Å². The van der Waals surface area contributed by atoms with Gasteiger partial charge >= 0.3 is 6.09 Å². The molecule has 6 heteroatoms. The average molecular weight is 352 g/mol. The number of aromatic nitrogens is 2. The molecule has 0 fully saturated rings. The Morgan fingerprint density at radius 1 is 1.29 bits per heavy atom. The van der Waals surface area contributed by atoms with Crippen molar-refractivity contribution in [2.75, 3.05) is 5.32 Å². The van der Waals surface area contributed by atoms with Crippen LogP contribution in [-0.4, -0.2) is 21.2 Å². The Bertz CT molecular complexity index is 642. The van der Waals surface area contributed by atoms with Gasteiger partial charge in [-0.1, -0.05) is 28.1 Å². The molecule has 1 amide bonds. The molecule has 1 N–H and O–H groups in total. The van der Waals surface area contributed by atoms with Gasteiger partial charge in [-0.3, -0.25) is 5.32 Å². The summed E-state index contributed by atoms with van der Waals surface area (Å²) in [7, 11) is 1.82. The number of carbonyl (C=O) groups excluding carboxylic acids is 1. The number of nitrogens with zero attached hydrogens (tertiary/aromatic N) is 2. The van der Waals surface area contributed by atoms with Gasteiger partial charge in [-0.25, -0.2) is 9.78 Å². The van der Waals surface area contributed by atoms with Gasteiger partial charge < -0.3 is 9.30 Å². The first-order valence-corrected chi connectivity index (χ1v) is 7.33. The van der Waals surface area contributed by atoms with Gasteiger partial charge in [0.2, 0.25) is 0 Å². The highest BCUT2D eigenvalue weighted by Gasteiger charge is 2.19. The molecule has 1 heterocycles. The first-order valence-electron chi connectivity index (χ1n) is 6.53. The smallest absolute Gasteiger partial charge is 0.413 e. The lowest BCUT2D eigenvalue weighted by Gasteiger charge is -2.20. The molecule has 5 nitrogen and oxygen atoms in total. The average Bonchev–Trinajstić information content (AvgIpc) is 2.70. The van der Waals surface area contributed by atoms with Crippen molar-refractivity contribution in [2.24, 2.45) is 7.05 Å². The lowest BCUT2D eigenvalue weighted by atomic mass is 10.1. The second-order valence-corrected chi connectivity index (χ2v) is 6.60. The fourth-order valence-corrected chi connectivity index (χ4v) is 2.06. The number of amides is 1. The van der Waals surface area contributed by atoms with Gasteiger partial charge in [0, 0.05) is 17.1 Å². The molecule has 0 aliphatic carbocycles. The molecule has 1 aromatic heterocycles. The summed E-state index contributed by atoms with van der Waals surface area (Å²) in [4.78, 5) is 16.3. The number of aryl methyl sites for hydroxylation is 1. The second kappa shape index (κ2) is 5.89. The number of halogens is 1. The Morgan fingerprint density at radius 2 is 1.90 bits per heavy atom. The zero-order valence-corrected chi connectivity index (χ0v) is 14.1. The molecule has 0 aliphatic heterocycles. The third-order valence-corrected chi connectivity index (χ3v) is 3.20. The van der Waals surface area contributed by atoms with Crippen molar-refractivity contribution in [3.05, 3.63) is 35.1 Å². The molecular weight excluding hydrogens is 334 g/mol. The highest BCUT2D eigenvalue weighted by molar-refractivity contribution is 9.10. The number of nitrogens with one attached hydrogen (secondary N) is 1. The third-order valence-electron chi connectivity index (χ3n) is 2.67. The number of rotatable bonds is 2. The van der Waals surface area contributed by atoms with Crippen LogP contribution in [0.1, 0.15) is 20.8 Å². The number of carbonyl (C=O) groups is 1. The van der Waals surface area contributed by atoms with E-state index in [0.717, 1.165) is 10.0 Å². The summed E-state index contributed by atoms with van der Waals surface area (Å²) in [6, 6.07) is 7.74. The Labute approximate surface area is 132 Å². The van der Waals surface area contributed by atoms with Crippen LogP contribution in [0.4, 0.5) is 10.6 Å². The van der Waals surface area contributed by atoms with E-state index in [1.165, 1.54) is 0 Å². The molecule has 0 spiro atoms. The Balaban J connectivity index is 2.26. The van der Waals surface area contributed by atoms with Crippen LogP contribution >= 0.6 is 15.9 Å². The predicted molar refractivity (Wildman–Crippen MR) is 86.2 cm³/mol. The molecule has 0 bridgehead atoms. The number of benzene rings is 1. The van der Waals surface area contributed by atoms with E-state index >= 15 is 0 Å². The van der Waals surface area contributed by atoms with Gasteiger partial charge in [-0.2, -0.15) is 0 Å². The molecule has 21 heavy (non-hydrogen) atoms. The number of ether oxygens (including phenoxy) is 1. The molecule has 2 aromatic rings. The molecule has 0 saturated carbocycles. The van der Waals surface area contributed by atoms with E-state index in [1.807, 2.05) is 52.1 Å². The van der Waals surface area contributed by atoms with Gasteiger partial charge in [-0.05, 0) is 32.9 Å². The van der Waals surface area contributed by atoms with Crippen molar-refractivity contribution in [1.82, 2.24) is 9.55 Å². The molecule has 112 valence electrons. The van der Waals surface area contributed by atoms with Crippen LogP contribution in [0, 0.1) is 0 Å². The van der Waals surface area contributed by atoms with Crippen LogP contribution in [0.15, 0.2) is 35.1 Å². The topological polar surface area (TPSA) is 56.2 Å². The minimum absolute atomic E-state index is 0.496. The van der Waals surface area contributed by atoms with Gasteiger partial charge in [0.05, 0.1) is 6.33 Å². The maximum absolute atomic E-state index is 11.9. The largest absolute Gasteiger partial charge is 0.444 e. The normalized spacial score (nSPS) is 11.3. The van der Waals surface area contributed by atoms with Crippen LogP contribution in [0.5, 0.6) is 0 Å². The summed E-state index contributed by atoms with van der Waals surface area (Å²) in [5.41, 5.74) is 1.08. The van der Waals surface area contributed by atoms with E-state index in [9.17, 15) is 4.79 Å². The van der Waals surface area contributed by atoms with Gasteiger partial charge in [-0.15, -0.1) is 0 Å². The Kier molecular flexibility index (Phi) is 4.37. The zero-order valence-electron chi connectivity index (χ0n) is 12.5. The maximum atomic E-state index is 11.9. The van der Waals surface area contributed by atoms with E-state index in [4.69, 9.17) is 4.74 Å². The second-order valence-electron chi connectivity index (χ2n) is 5.69. The van der Waals surface area contributed by atoms with Gasteiger partial charge in [0.1, 0.15) is 17.1 Å². The van der Waals surface area contributed by atoms with E-state index in [2.05, 4.69) is 26.2 Å². The number of anilines is 1. The van der Waals surface area contributed by atoms with Crippen molar-refractivity contribution in [3.8, 4) is 11.3 Å². The minimum Gasteiger partial charge on any atom is -0.444 e. The maximum Gasteiger partial charge on any atom is 0.413 e. The standard InChI is InChI=1S/C15H18BrN3O2/c1-15(2,3)21-14(20)18-13-12(17-9-19(13)4)10-5-7-11(16)8-6-10/h5-9H,1-4H3,(H,18,20). The Morgan fingerprint density at radius 3 is 2.48 bits per heavy atom.